The van der Waals surface area contributed by atoms with Gasteiger partial charge in [0, 0.05) is 6.20 Å². The maximum absolute atomic E-state index is 12.5. The van der Waals surface area contributed by atoms with E-state index in [9.17, 15) is 26.3 Å². The number of alkyl halides is 6. The third kappa shape index (κ3) is 3.35. The molecule has 0 aliphatic carbocycles. The molecule has 1 unspecified atom stereocenters. The van der Waals surface area contributed by atoms with Crippen molar-refractivity contribution in [1.82, 2.24) is 9.78 Å². The summed E-state index contributed by atoms with van der Waals surface area (Å²) in [5.41, 5.74) is 3.64. The van der Waals surface area contributed by atoms with Gasteiger partial charge in [0.05, 0.1) is 0 Å². The molecule has 1 heterocycles. The molecule has 9 heteroatoms. The second-order valence-electron chi connectivity index (χ2n) is 3.31. The second-order valence-corrected chi connectivity index (χ2v) is 3.31. The van der Waals surface area contributed by atoms with E-state index < -0.39 is 30.5 Å². The fraction of sp³-hybridized carbons (Fsp3) is 0.625. The molecule has 0 fully saturated rings. The first kappa shape index (κ1) is 13.8. The quantitative estimate of drug-likeness (QED) is 0.849. The van der Waals surface area contributed by atoms with Crippen molar-refractivity contribution in [3.63, 3.8) is 0 Å². The van der Waals surface area contributed by atoms with Crippen LogP contribution in [0, 0.1) is 0 Å². The number of hydrogen-bond acceptors (Lipinski definition) is 2. The molecule has 17 heavy (non-hydrogen) atoms. The van der Waals surface area contributed by atoms with Crippen LogP contribution in [0.1, 0.15) is 18.2 Å². The van der Waals surface area contributed by atoms with E-state index in [0.717, 1.165) is 0 Å². The fourth-order valence-electron chi connectivity index (χ4n) is 1.27. The van der Waals surface area contributed by atoms with Gasteiger partial charge in [0.15, 0.2) is 5.69 Å². The maximum atomic E-state index is 12.5. The summed E-state index contributed by atoms with van der Waals surface area (Å²) in [6.07, 6.45) is -9.32. The smallest absolute Gasteiger partial charge is 0.330 e. The second kappa shape index (κ2) is 4.55. The van der Waals surface area contributed by atoms with Crippen LogP contribution in [0.2, 0.25) is 0 Å². The van der Waals surface area contributed by atoms with Crippen molar-refractivity contribution in [3.05, 3.63) is 18.0 Å². The lowest BCUT2D eigenvalue weighted by Crippen LogP contribution is -2.29. The molecule has 0 saturated heterocycles. The number of nitrogens with two attached hydrogens (primary N) is 1. The minimum Gasteiger partial charge on any atom is -0.330 e. The molecule has 1 atom stereocenters. The van der Waals surface area contributed by atoms with Crippen molar-refractivity contribution in [2.45, 2.75) is 24.8 Å². The zero-order chi connectivity index (χ0) is 13.3. The Balaban J connectivity index is 3.01. The molecule has 1 aromatic rings. The molecule has 0 saturated carbocycles. The molecule has 0 aliphatic rings. The van der Waals surface area contributed by atoms with Crippen LogP contribution in [-0.2, 0) is 6.18 Å². The van der Waals surface area contributed by atoms with Crippen molar-refractivity contribution in [2.24, 2.45) is 5.73 Å². The van der Waals surface area contributed by atoms with Crippen molar-refractivity contribution in [1.29, 1.82) is 0 Å². The van der Waals surface area contributed by atoms with Gasteiger partial charge in [-0.2, -0.15) is 31.4 Å². The van der Waals surface area contributed by atoms with Gasteiger partial charge in [0.25, 0.3) is 0 Å². The number of halogens is 6. The minimum atomic E-state index is -4.76. The van der Waals surface area contributed by atoms with E-state index in [2.05, 4.69) is 5.10 Å². The Bertz CT molecular complexity index is 366. The molecule has 2 N–H and O–H groups in total. The largest absolute Gasteiger partial charge is 0.435 e. The van der Waals surface area contributed by atoms with Crippen LogP contribution in [0.4, 0.5) is 26.3 Å². The van der Waals surface area contributed by atoms with E-state index in [0.29, 0.717) is 12.3 Å². The van der Waals surface area contributed by atoms with Gasteiger partial charge in [-0.25, -0.2) is 0 Å². The molecule has 0 radical (unpaired) electrons. The Hall–Kier alpha value is -1.25. The van der Waals surface area contributed by atoms with Gasteiger partial charge < -0.3 is 5.73 Å². The van der Waals surface area contributed by atoms with E-state index >= 15 is 0 Å². The summed E-state index contributed by atoms with van der Waals surface area (Å²) in [5.74, 6) is 0. The zero-order valence-electron chi connectivity index (χ0n) is 8.39. The highest BCUT2D eigenvalue weighted by molar-refractivity contribution is 5.04. The summed E-state index contributed by atoms with van der Waals surface area (Å²) >= 11 is 0. The molecular formula is C8H9F6N3. The van der Waals surface area contributed by atoms with Crippen LogP contribution in [0.25, 0.3) is 0 Å². The zero-order valence-corrected chi connectivity index (χ0v) is 8.39. The number of hydrogen-bond donors (Lipinski definition) is 1. The Morgan fingerprint density at radius 3 is 2.18 bits per heavy atom. The highest BCUT2D eigenvalue weighted by Gasteiger charge is 2.42. The maximum Gasteiger partial charge on any atom is 0.435 e. The lowest BCUT2D eigenvalue weighted by atomic mass is 10.2. The summed E-state index contributed by atoms with van der Waals surface area (Å²) in [4.78, 5) is 0. The Morgan fingerprint density at radius 1 is 1.24 bits per heavy atom. The van der Waals surface area contributed by atoms with Gasteiger partial charge in [-0.15, -0.1) is 0 Å². The Labute approximate surface area is 92.2 Å². The first-order valence-electron chi connectivity index (χ1n) is 4.55. The van der Waals surface area contributed by atoms with E-state index in [1.165, 1.54) is 0 Å². The standard InChI is InChI=1S/C8H9F6N3/c9-7(10,11)5-2-4-17(16-5)6(1-3-15)8(12,13)14/h2,4,6H,1,3,15H2. The number of aromatic nitrogens is 2. The van der Waals surface area contributed by atoms with Crippen LogP contribution in [-0.4, -0.2) is 22.5 Å². The third-order valence-corrected chi connectivity index (χ3v) is 2.04. The summed E-state index contributed by atoms with van der Waals surface area (Å²) < 4.78 is 74.2. The molecule has 0 spiro atoms. The normalized spacial score (nSPS) is 15.0. The Morgan fingerprint density at radius 2 is 1.82 bits per heavy atom. The number of rotatable bonds is 3. The first-order chi connectivity index (χ1) is 7.66. The fourth-order valence-corrected chi connectivity index (χ4v) is 1.27. The number of nitrogens with zero attached hydrogens (tertiary/aromatic N) is 2. The molecule has 0 aromatic carbocycles. The topological polar surface area (TPSA) is 43.8 Å². The summed E-state index contributed by atoms with van der Waals surface area (Å²) in [6.45, 7) is -0.300. The van der Waals surface area contributed by atoms with Gasteiger partial charge >= 0.3 is 12.4 Å². The van der Waals surface area contributed by atoms with Gasteiger partial charge in [0.1, 0.15) is 6.04 Å². The van der Waals surface area contributed by atoms with Crippen LogP contribution in [0.15, 0.2) is 12.3 Å². The molecule has 1 rings (SSSR count). The van der Waals surface area contributed by atoms with Crippen LogP contribution < -0.4 is 5.73 Å². The highest BCUT2D eigenvalue weighted by atomic mass is 19.4. The van der Waals surface area contributed by atoms with Gasteiger partial charge in [-0.05, 0) is 19.0 Å². The summed E-state index contributed by atoms with van der Waals surface area (Å²) in [5, 5.41) is 2.88. The van der Waals surface area contributed by atoms with Crippen LogP contribution in [0.3, 0.4) is 0 Å². The van der Waals surface area contributed by atoms with E-state index in [4.69, 9.17) is 5.73 Å². The predicted molar refractivity (Wildman–Crippen MR) is 46.0 cm³/mol. The van der Waals surface area contributed by atoms with E-state index in [1.54, 1.807) is 0 Å². The average Bonchev–Trinajstić information content (AvgIpc) is 2.59. The SMILES string of the molecule is NCCC(n1ccc(C(F)(F)F)n1)C(F)(F)F. The van der Waals surface area contributed by atoms with E-state index in [-0.39, 0.29) is 11.2 Å². The monoisotopic (exact) mass is 261 g/mol. The first-order valence-corrected chi connectivity index (χ1v) is 4.55. The predicted octanol–water partition coefficient (Wildman–Crippen LogP) is 2.35. The van der Waals surface area contributed by atoms with Gasteiger partial charge in [-0.3, -0.25) is 4.68 Å². The molecule has 0 bridgehead atoms. The Kier molecular flexibility index (Phi) is 3.70. The summed E-state index contributed by atoms with van der Waals surface area (Å²) in [6, 6.07) is -1.64. The van der Waals surface area contributed by atoms with Gasteiger partial charge in [-0.1, -0.05) is 0 Å². The molecule has 98 valence electrons. The highest BCUT2D eigenvalue weighted by Crippen LogP contribution is 2.34. The molecular weight excluding hydrogens is 252 g/mol. The van der Waals surface area contributed by atoms with Crippen molar-refractivity contribution in [3.8, 4) is 0 Å². The van der Waals surface area contributed by atoms with E-state index in [1.807, 2.05) is 0 Å². The average molecular weight is 261 g/mol. The molecule has 1 aromatic heterocycles. The minimum absolute atomic E-state index is 0.246. The molecule has 0 aliphatic heterocycles. The van der Waals surface area contributed by atoms with Crippen LogP contribution >= 0.6 is 0 Å². The van der Waals surface area contributed by atoms with Crippen LogP contribution in [0.5, 0.6) is 0 Å². The van der Waals surface area contributed by atoms with Crippen molar-refractivity contribution < 1.29 is 26.3 Å². The van der Waals surface area contributed by atoms with Crippen molar-refractivity contribution >= 4 is 0 Å². The third-order valence-electron chi connectivity index (χ3n) is 2.04. The molecule has 3 nitrogen and oxygen atoms in total. The summed E-state index contributed by atoms with van der Waals surface area (Å²) in [7, 11) is 0. The lowest BCUT2D eigenvalue weighted by Gasteiger charge is -2.19. The lowest BCUT2D eigenvalue weighted by molar-refractivity contribution is -0.173. The van der Waals surface area contributed by atoms with Gasteiger partial charge in [0.2, 0.25) is 0 Å². The van der Waals surface area contributed by atoms with Crippen molar-refractivity contribution in [2.75, 3.05) is 6.54 Å². The molecule has 0 amide bonds.